The van der Waals surface area contributed by atoms with Gasteiger partial charge in [0.15, 0.2) is 0 Å². The zero-order chi connectivity index (χ0) is 20.4. The Labute approximate surface area is 158 Å². The van der Waals surface area contributed by atoms with Crippen molar-refractivity contribution in [1.29, 1.82) is 0 Å². The van der Waals surface area contributed by atoms with Gasteiger partial charge in [0, 0.05) is 5.69 Å². The summed E-state index contributed by atoms with van der Waals surface area (Å²) >= 11 is 0. The normalized spacial score (nSPS) is 11.8. The van der Waals surface area contributed by atoms with Gasteiger partial charge in [0.1, 0.15) is 22.7 Å². The zero-order valence-corrected chi connectivity index (χ0v) is 16.1. The second-order valence-corrected chi connectivity index (χ2v) is 7.93. The summed E-state index contributed by atoms with van der Waals surface area (Å²) in [7, 11) is 0. The fraction of sp³-hybridized carbons (Fsp3) is 0.333. The molecule has 0 spiro atoms. The predicted octanol–water partition coefficient (Wildman–Crippen LogP) is 4.87. The van der Waals surface area contributed by atoms with Crippen molar-refractivity contribution >= 4 is 23.2 Å². The maximum absolute atomic E-state index is 13.8. The van der Waals surface area contributed by atoms with E-state index in [1.165, 1.54) is 19.9 Å². The highest BCUT2D eigenvalue weighted by Crippen LogP contribution is 2.31. The molecule has 0 bridgehead atoms. The maximum Gasteiger partial charge on any atom is 0.239 e. The van der Waals surface area contributed by atoms with Gasteiger partial charge in [0.05, 0.1) is 0 Å². The molecule has 144 valence electrons. The SMILES string of the molecule is CC(C)(C(=O)Nc1ccccc1C(C)(C)C)C(=O)Nc1c(F)cccc1F. The predicted molar refractivity (Wildman–Crippen MR) is 103 cm³/mol. The van der Waals surface area contributed by atoms with Gasteiger partial charge in [-0.2, -0.15) is 0 Å². The molecule has 4 nitrogen and oxygen atoms in total. The van der Waals surface area contributed by atoms with E-state index in [0.717, 1.165) is 17.7 Å². The van der Waals surface area contributed by atoms with Crippen molar-refractivity contribution in [3.05, 3.63) is 59.7 Å². The molecule has 2 N–H and O–H groups in total. The minimum absolute atomic E-state index is 0.216. The number of hydrogen-bond donors (Lipinski definition) is 2. The third-order valence-electron chi connectivity index (χ3n) is 4.32. The van der Waals surface area contributed by atoms with Crippen molar-refractivity contribution in [1.82, 2.24) is 0 Å². The molecule has 6 heteroatoms. The Kier molecular flexibility index (Phi) is 5.68. The molecule has 0 heterocycles. The molecule has 0 aliphatic heterocycles. The van der Waals surface area contributed by atoms with E-state index >= 15 is 0 Å². The topological polar surface area (TPSA) is 58.2 Å². The molecule has 0 aromatic heterocycles. The van der Waals surface area contributed by atoms with Crippen molar-refractivity contribution < 1.29 is 18.4 Å². The summed E-state index contributed by atoms with van der Waals surface area (Å²) in [5, 5.41) is 4.95. The summed E-state index contributed by atoms with van der Waals surface area (Å²) in [6.07, 6.45) is 0. The molecule has 0 fully saturated rings. The van der Waals surface area contributed by atoms with Crippen LogP contribution in [0.15, 0.2) is 42.5 Å². The van der Waals surface area contributed by atoms with E-state index in [1.807, 2.05) is 32.9 Å². The largest absolute Gasteiger partial charge is 0.325 e. The van der Waals surface area contributed by atoms with Crippen LogP contribution in [0, 0.1) is 17.0 Å². The third-order valence-corrected chi connectivity index (χ3v) is 4.32. The van der Waals surface area contributed by atoms with Crippen molar-refractivity contribution in [3.63, 3.8) is 0 Å². The number of amides is 2. The summed E-state index contributed by atoms with van der Waals surface area (Å²) in [4.78, 5) is 25.3. The Morgan fingerprint density at radius 1 is 0.778 bits per heavy atom. The van der Waals surface area contributed by atoms with E-state index in [2.05, 4.69) is 10.6 Å². The highest BCUT2D eigenvalue weighted by Gasteiger charge is 2.37. The fourth-order valence-corrected chi connectivity index (χ4v) is 2.51. The average Bonchev–Trinajstić information content (AvgIpc) is 2.57. The number of nitrogens with one attached hydrogen (secondary N) is 2. The van der Waals surface area contributed by atoms with Crippen molar-refractivity contribution in [2.75, 3.05) is 10.6 Å². The second kappa shape index (κ2) is 7.47. The number of rotatable bonds is 4. The van der Waals surface area contributed by atoms with Crippen LogP contribution >= 0.6 is 0 Å². The number of hydrogen-bond acceptors (Lipinski definition) is 2. The minimum atomic E-state index is -1.56. The molecular weight excluding hydrogens is 350 g/mol. The number of carbonyl (C=O) groups is 2. The Morgan fingerprint density at radius 2 is 1.30 bits per heavy atom. The van der Waals surface area contributed by atoms with Crippen LogP contribution in [0.2, 0.25) is 0 Å². The quantitative estimate of drug-likeness (QED) is 0.751. The van der Waals surface area contributed by atoms with Gasteiger partial charge in [-0.15, -0.1) is 0 Å². The summed E-state index contributed by atoms with van der Waals surface area (Å²) < 4.78 is 27.6. The van der Waals surface area contributed by atoms with E-state index in [-0.39, 0.29) is 5.41 Å². The third kappa shape index (κ3) is 4.51. The maximum atomic E-state index is 13.8. The first-order valence-electron chi connectivity index (χ1n) is 8.61. The lowest BCUT2D eigenvalue weighted by molar-refractivity contribution is -0.135. The molecule has 0 aliphatic carbocycles. The average molecular weight is 374 g/mol. The van der Waals surface area contributed by atoms with Crippen LogP contribution < -0.4 is 10.6 Å². The van der Waals surface area contributed by atoms with Crippen LogP contribution in [0.25, 0.3) is 0 Å². The Balaban J connectivity index is 2.24. The van der Waals surface area contributed by atoms with Gasteiger partial charge in [-0.1, -0.05) is 45.0 Å². The van der Waals surface area contributed by atoms with Crippen molar-refractivity contribution in [2.24, 2.45) is 5.41 Å². The van der Waals surface area contributed by atoms with Crippen molar-refractivity contribution in [2.45, 2.75) is 40.0 Å². The first-order chi connectivity index (χ1) is 12.4. The van der Waals surface area contributed by atoms with Crippen LogP contribution in [0.4, 0.5) is 20.2 Å². The minimum Gasteiger partial charge on any atom is -0.325 e. The van der Waals surface area contributed by atoms with Gasteiger partial charge in [0.2, 0.25) is 11.8 Å². The fourth-order valence-electron chi connectivity index (χ4n) is 2.51. The number of halogens is 2. The molecule has 0 saturated carbocycles. The van der Waals surface area contributed by atoms with Gasteiger partial charge in [0.25, 0.3) is 0 Å². The van der Waals surface area contributed by atoms with Gasteiger partial charge in [-0.05, 0) is 43.0 Å². The molecule has 2 rings (SSSR count). The zero-order valence-electron chi connectivity index (χ0n) is 16.1. The molecule has 0 unspecified atom stereocenters. The first-order valence-corrected chi connectivity index (χ1v) is 8.61. The molecule has 0 saturated heterocycles. The van der Waals surface area contributed by atoms with E-state index in [0.29, 0.717) is 5.69 Å². The van der Waals surface area contributed by atoms with E-state index < -0.39 is 34.6 Å². The van der Waals surface area contributed by atoms with Gasteiger partial charge in [-0.3, -0.25) is 9.59 Å². The number of carbonyl (C=O) groups excluding carboxylic acids is 2. The van der Waals surface area contributed by atoms with Crippen molar-refractivity contribution in [3.8, 4) is 0 Å². The summed E-state index contributed by atoms with van der Waals surface area (Å²) in [6, 6.07) is 10.6. The van der Waals surface area contributed by atoms with Crippen LogP contribution in [-0.4, -0.2) is 11.8 Å². The Bertz CT molecular complexity index is 850. The number of anilines is 2. The van der Waals surface area contributed by atoms with Crippen LogP contribution in [-0.2, 0) is 15.0 Å². The van der Waals surface area contributed by atoms with Crippen LogP contribution in [0.5, 0.6) is 0 Å². The molecule has 2 aromatic carbocycles. The van der Waals surface area contributed by atoms with Crippen LogP contribution in [0.3, 0.4) is 0 Å². The lowest BCUT2D eigenvalue weighted by atomic mass is 9.85. The highest BCUT2D eigenvalue weighted by molar-refractivity contribution is 6.14. The smallest absolute Gasteiger partial charge is 0.239 e. The summed E-state index contributed by atoms with van der Waals surface area (Å²) in [5.41, 5.74) is -0.840. The number of benzene rings is 2. The molecule has 0 atom stereocenters. The first kappa shape index (κ1) is 20.6. The lowest BCUT2D eigenvalue weighted by Crippen LogP contribution is -2.42. The molecule has 27 heavy (non-hydrogen) atoms. The lowest BCUT2D eigenvalue weighted by Gasteiger charge is -2.26. The summed E-state index contributed by atoms with van der Waals surface area (Å²) in [6.45, 7) is 8.83. The molecular formula is C21H24F2N2O2. The highest BCUT2D eigenvalue weighted by atomic mass is 19.1. The molecule has 0 aliphatic rings. The molecule has 2 amide bonds. The molecule has 0 radical (unpaired) electrons. The van der Waals surface area contributed by atoms with Crippen LogP contribution in [0.1, 0.15) is 40.2 Å². The van der Waals surface area contributed by atoms with Gasteiger partial charge >= 0.3 is 0 Å². The van der Waals surface area contributed by atoms with Gasteiger partial charge < -0.3 is 10.6 Å². The Hall–Kier alpha value is -2.76. The standard InChI is InChI=1S/C21H24F2N2O2/c1-20(2,3)13-9-6-7-12-16(13)24-18(26)21(4,5)19(27)25-17-14(22)10-8-11-15(17)23/h6-12H,1-5H3,(H,24,26)(H,25,27). The van der Waals surface area contributed by atoms with E-state index in [1.54, 1.807) is 12.1 Å². The Morgan fingerprint density at radius 3 is 1.85 bits per heavy atom. The number of para-hydroxylation sites is 2. The van der Waals surface area contributed by atoms with E-state index in [9.17, 15) is 18.4 Å². The monoisotopic (exact) mass is 374 g/mol. The van der Waals surface area contributed by atoms with Gasteiger partial charge in [-0.25, -0.2) is 8.78 Å². The summed E-state index contributed by atoms with van der Waals surface area (Å²) in [5.74, 6) is -3.19. The van der Waals surface area contributed by atoms with E-state index in [4.69, 9.17) is 0 Å². The second-order valence-electron chi connectivity index (χ2n) is 7.93. The molecule has 2 aromatic rings.